The van der Waals surface area contributed by atoms with Crippen LogP contribution in [-0.2, 0) is 11.0 Å². The zero-order chi connectivity index (χ0) is 18.2. The summed E-state index contributed by atoms with van der Waals surface area (Å²) in [4.78, 5) is 12.3. The van der Waals surface area contributed by atoms with E-state index in [1.54, 1.807) is 6.92 Å². The zero-order valence-corrected chi connectivity index (χ0v) is 14.5. The Balaban J connectivity index is 1.72. The predicted molar refractivity (Wildman–Crippen MR) is 88.4 cm³/mol. The Morgan fingerprint density at radius 1 is 1.32 bits per heavy atom. The highest BCUT2D eigenvalue weighted by molar-refractivity contribution is 8.00. The number of aryl methyl sites for hydroxylation is 1. The molecule has 1 heterocycles. The summed E-state index contributed by atoms with van der Waals surface area (Å²) in [6, 6.07) is 5.29. The summed E-state index contributed by atoms with van der Waals surface area (Å²) < 4.78 is 41.0. The lowest BCUT2D eigenvalue weighted by atomic mass is 10.1. The second-order valence-electron chi connectivity index (χ2n) is 5.92. The van der Waals surface area contributed by atoms with Crippen molar-refractivity contribution in [3.8, 4) is 0 Å². The van der Waals surface area contributed by atoms with Crippen molar-refractivity contribution in [3.05, 3.63) is 35.7 Å². The number of hydrogen-bond donors (Lipinski definition) is 1. The van der Waals surface area contributed by atoms with Gasteiger partial charge in [0, 0.05) is 6.04 Å². The summed E-state index contributed by atoms with van der Waals surface area (Å²) in [6.45, 7) is 3.48. The highest BCUT2D eigenvalue weighted by Crippen LogP contribution is 2.39. The van der Waals surface area contributed by atoms with E-state index in [1.807, 2.05) is 11.5 Å². The van der Waals surface area contributed by atoms with E-state index in [1.165, 1.54) is 30.0 Å². The lowest BCUT2D eigenvalue weighted by Crippen LogP contribution is -2.24. The minimum atomic E-state index is -4.52. The van der Waals surface area contributed by atoms with Gasteiger partial charge in [-0.3, -0.25) is 4.79 Å². The molecule has 1 aromatic heterocycles. The van der Waals surface area contributed by atoms with Gasteiger partial charge >= 0.3 is 6.18 Å². The molecule has 5 nitrogen and oxygen atoms in total. The molecule has 1 saturated carbocycles. The van der Waals surface area contributed by atoms with E-state index >= 15 is 0 Å². The first kappa shape index (κ1) is 17.8. The average molecular weight is 370 g/mol. The predicted octanol–water partition coefficient (Wildman–Crippen LogP) is 4.06. The Labute approximate surface area is 147 Å². The number of anilines is 1. The van der Waals surface area contributed by atoms with Gasteiger partial charge in [-0.1, -0.05) is 23.9 Å². The van der Waals surface area contributed by atoms with Crippen molar-refractivity contribution in [3.63, 3.8) is 0 Å². The van der Waals surface area contributed by atoms with Crippen LogP contribution in [0.3, 0.4) is 0 Å². The summed E-state index contributed by atoms with van der Waals surface area (Å²) >= 11 is 1.20. The standard InChI is InChI=1S/C16H17F3N4OS/c1-9(25-15-22-21-10(2)23(15)11-7-8-11)14(24)20-13-6-4-3-5-12(13)16(17,18)19/h3-6,9,11H,7-8H2,1-2H3,(H,20,24)/t9-/m1/s1. The number of hydrogen-bond acceptors (Lipinski definition) is 4. The Morgan fingerprint density at radius 3 is 2.64 bits per heavy atom. The van der Waals surface area contributed by atoms with Gasteiger partial charge in [0.25, 0.3) is 0 Å². The number of carbonyl (C=O) groups is 1. The molecule has 1 aromatic carbocycles. The molecule has 0 spiro atoms. The van der Waals surface area contributed by atoms with Crippen LogP contribution in [0.2, 0.25) is 0 Å². The van der Waals surface area contributed by atoms with Gasteiger partial charge in [-0.05, 0) is 38.8 Å². The molecule has 3 rings (SSSR count). The van der Waals surface area contributed by atoms with Crippen LogP contribution in [0.25, 0.3) is 0 Å². The van der Waals surface area contributed by atoms with E-state index < -0.39 is 22.9 Å². The second-order valence-corrected chi connectivity index (χ2v) is 7.23. The Hall–Kier alpha value is -2.03. The molecule has 0 bridgehead atoms. The minimum Gasteiger partial charge on any atom is -0.325 e. The number of nitrogens with one attached hydrogen (secondary N) is 1. The smallest absolute Gasteiger partial charge is 0.325 e. The normalized spacial score (nSPS) is 15.9. The molecule has 0 radical (unpaired) electrons. The van der Waals surface area contributed by atoms with Crippen molar-refractivity contribution in [2.45, 2.75) is 49.3 Å². The van der Waals surface area contributed by atoms with Crippen molar-refractivity contribution in [2.75, 3.05) is 5.32 Å². The van der Waals surface area contributed by atoms with Gasteiger partial charge in [-0.2, -0.15) is 13.2 Å². The quantitative estimate of drug-likeness (QED) is 0.807. The van der Waals surface area contributed by atoms with E-state index in [0.717, 1.165) is 24.7 Å². The number of alkyl halides is 3. The molecule has 0 aliphatic heterocycles. The van der Waals surface area contributed by atoms with Crippen LogP contribution in [0, 0.1) is 6.92 Å². The van der Waals surface area contributed by atoms with Gasteiger partial charge in [0.1, 0.15) is 5.82 Å². The van der Waals surface area contributed by atoms with E-state index in [-0.39, 0.29) is 5.69 Å². The van der Waals surface area contributed by atoms with Gasteiger partial charge < -0.3 is 9.88 Å². The first-order chi connectivity index (χ1) is 11.8. The van der Waals surface area contributed by atoms with Crippen LogP contribution >= 0.6 is 11.8 Å². The number of amides is 1. The average Bonchev–Trinajstić information content (AvgIpc) is 3.31. The highest BCUT2D eigenvalue weighted by atomic mass is 32.2. The molecule has 1 aliphatic carbocycles. The summed E-state index contributed by atoms with van der Waals surface area (Å²) in [5.41, 5.74) is -1.11. The van der Waals surface area contributed by atoms with Gasteiger partial charge in [-0.15, -0.1) is 10.2 Å². The molecule has 2 aromatic rings. The first-order valence-electron chi connectivity index (χ1n) is 7.82. The molecule has 1 amide bonds. The third-order valence-electron chi connectivity index (χ3n) is 3.89. The number of aromatic nitrogens is 3. The monoisotopic (exact) mass is 370 g/mol. The molecule has 1 N–H and O–H groups in total. The lowest BCUT2D eigenvalue weighted by Gasteiger charge is -2.16. The highest BCUT2D eigenvalue weighted by Gasteiger charge is 2.34. The van der Waals surface area contributed by atoms with Gasteiger partial charge in [-0.25, -0.2) is 0 Å². The second kappa shape index (κ2) is 6.70. The third-order valence-corrected chi connectivity index (χ3v) is 4.95. The van der Waals surface area contributed by atoms with Gasteiger partial charge in [0.15, 0.2) is 5.16 Å². The molecule has 1 fully saturated rings. The molecule has 0 unspecified atom stereocenters. The number of rotatable bonds is 5. The number of carbonyl (C=O) groups excluding carboxylic acids is 1. The SMILES string of the molecule is Cc1nnc(S[C@H](C)C(=O)Nc2ccccc2C(F)(F)F)n1C1CC1. The summed E-state index contributed by atoms with van der Waals surface area (Å²) in [5.74, 6) is 0.268. The third kappa shape index (κ3) is 3.97. The van der Waals surface area contributed by atoms with Crippen LogP contribution in [0.15, 0.2) is 29.4 Å². The van der Waals surface area contributed by atoms with Crippen molar-refractivity contribution >= 4 is 23.4 Å². The lowest BCUT2D eigenvalue weighted by molar-refractivity contribution is -0.137. The molecule has 25 heavy (non-hydrogen) atoms. The fourth-order valence-corrected chi connectivity index (χ4v) is 3.43. The fraction of sp³-hybridized carbons (Fsp3) is 0.438. The molecule has 0 saturated heterocycles. The van der Waals surface area contributed by atoms with Crippen LogP contribution in [0.1, 0.15) is 37.2 Å². The molecule has 134 valence electrons. The molecule has 1 aliphatic rings. The van der Waals surface area contributed by atoms with Crippen molar-refractivity contribution in [2.24, 2.45) is 0 Å². The first-order valence-corrected chi connectivity index (χ1v) is 8.70. The summed E-state index contributed by atoms with van der Waals surface area (Å²) in [7, 11) is 0. The van der Waals surface area contributed by atoms with Gasteiger partial charge in [0.05, 0.1) is 16.5 Å². The number of nitrogens with zero attached hydrogens (tertiary/aromatic N) is 3. The van der Waals surface area contributed by atoms with Crippen molar-refractivity contribution < 1.29 is 18.0 Å². The topological polar surface area (TPSA) is 59.8 Å². The molecular formula is C16H17F3N4OS. The fourth-order valence-electron chi connectivity index (χ4n) is 2.47. The Morgan fingerprint density at radius 2 is 2.00 bits per heavy atom. The number of thioether (sulfide) groups is 1. The van der Waals surface area contributed by atoms with Crippen LogP contribution in [-0.4, -0.2) is 25.9 Å². The largest absolute Gasteiger partial charge is 0.418 e. The minimum absolute atomic E-state index is 0.243. The van der Waals surface area contributed by atoms with Gasteiger partial charge in [0.2, 0.25) is 5.91 Å². The maximum absolute atomic E-state index is 13.0. The number of halogens is 3. The number of para-hydroxylation sites is 1. The van der Waals surface area contributed by atoms with E-state index in [9.17, 15) is 18.0 Å². The zero-order valence-electron chi connectivity index (χ0n) is 13.7. The van der Waals surface area contributed by atoms with Crippen LogP contribution in [0.4, 0.5) is 18.9 Å². The Bertz CT molecular complexity index is 786. The van der Waals surface area contributed by atoms with E-state index in [0.29, 0.717) is 11.2 Å². The number of benzene rings is 1. The van der Waals surface area contributed by atoms with Crippen LogP contribution < -0.4 is 5.32 Å². The molecule has 1 atom stereocenters. The molecular weight excluding hydrogens is 353 g/mol. The summed E-state index contributed by atoms with van der Waals surface area (Å²) in [5, 5.41) is 10.5. The van der Waals surface area contributed by atoms with Crippen molar-refractivity contribution in [1.29, 1.82) is 0 Å². The molecule has 9 heteroatoms. The van der Waals surface area contributed by atoms with Crippen molar-refractivity contribution in [1.82, 2.24) is 14.8 Å². The van der Waals surface area contributed by atoms with Crippen LogP contribution in [0.5, 0.6) is 0 Å². The maximum Gasteiger partial charge on any atom is 0.418 e. The maximum atomic E-state index is 13.0. The van der Waals surface area contributed by atoms with E-state index in [2.05, 4.69) is 15.5 Å². The summed E-state index contributed by atoms with van der Waals surface area (Å²) in [6.07, 6.45) is -2.43. The Kier molecular flexibility index (Phi) is 4.77. The van der Waals surface area contributed by atoms with E-state index in [4.69, 9.17) is 0 Å².